The van der Waals surface area contributed by atoms with E-state index in [4.69, 9.17) is 10.2 Å². The summed E-state index contributed by atoms with van der Waals surface area (Å²) in [5.74, 6) is -2.42. The van der Waals surface area contributed by atoms with Crippen molar-refractivity contribution >= 4 is 18.0 Å². The van der Waals surface area contributed by atoms with Gasteiger partial charge < -0.3 is 20.0 Å². The largest absolute Gasteiger partial charge is 0.480 e. The summed E-state index contributed by atoms with van der Waals surface area (Å²) in [4.78, 5) is 35.9. The summed E-state index contributed by atoms with van der Waals surface area (Å²) < 4.78 is 0. The molecule has 1 rings (SSSR count). The van der Waals surface area contributed by atoms with E-state index in [-0.39, 0.29) is 6.04 Å². The minimum absolute atomic E-state index is 0.141. The third-order valence-corrected chi connectivity index (χ3v) is 2.62. The van der Waals surface area contributed by atoms with Gasteiger partial charge in [-0.25, -0.2) is 4.79 Å². The summed E-state index contributed by atoms with van der Waals surface area (Å²) in [6, 6.07) is -0.355. The van der Waals surface area contributed by atoms with E-state index in [1.54, 1.807) is 4.90 Å². The molecule has 0 bridgehead atoms. The molecule has 102 valence electrons. The molecule has 0 aliphatic heterocycles. The molecule has 0 spiro atoms. The third-order valence-electron chi connectivity index (χ3n) is 2.62. The summed E-state index contributed by atoms with van der Waals surface area (Å²) >= 11 is 0. The van der Waals surface area contributed by atoms with Crippen LogP contribution in [-0.4, -0.2) is 63.7 Å². The zero-order valence-electron chi connectivity index (χ0n) is 10.3. The van der Waals surface area contributed by atoms with Crippen molar-refractivity contribution in [3.8, 4) is 0 Å². The summed E-state index contributed by atoms with van der Waals surface area (Å²) in [5, 5.41) is 17.4. The first-order chi connectivity index (χ1) is 8.45. The van der Waals surface area contributed by atoms with Crippen LogP contribution in [0.3, 0.4) is 0 Å². The molecular formula is C11H18N2O5. The maximum atomic E-state index is 12.1. The number of hydrogen-bond donors (Lipinski definition) is 2. The lowest BCUT2D eigenvalue weighted by Crippen LogP contribution is -2.48. The lowest BCUT2D eigenvalue weighted by atomic mass is 10.4. The van der Waals surface area contributed by atoms with Gasteiger partial charge in [0.15, 0.2) is 0 Å². The standard InChI is InChI=1S/C11H18N2O5/c1-2-5-13(8-3-4-8)11(18)12(6-9(14)15)7-10(16)17/h8H,2-7H2,1H3,(H,14,15)(H,16,17). The second kappa shape index (κ2) is 6.23. The number of aliphatic carboxylic acids is 2. The molecule has 1 saturated carbocycles. The van der Waals surface area contributed by atoms with Crippen LogP contribution in [0.15, 0.2) is 0 Å². The Hall–Kier alpha value is -1.79. The molecule has 0 aromatic heterocycles. The average Bonchev–Trinajstić information content (AvgIpc) is 3.06. The number of carboxylic acid groups (broad SMARTS) is 2. The Bertz CT molecular complexity index is 324. The number of nitrogens with zero attached hydrogens (tertiary/aromatic N) is 2. The van der Waals surface area contributed by atoms with Crippen molar-refractivity contribution in [2.45, 2.75) is 32.2 Å². The molecule has 1 fully saturated rings. The first-order valence-electron chi connectivity index (χ1n) is 5.94. The van der Waals surface area contributed by atoms with Gasteiger partial charge in [0.05, 0.1) is 0 Å². The lowest BCUT2D eigenvalue weighted by Gasteiger charge is -2.28. The first kappa shape index (κ1) is 14.3. The molecule has 0 unspecified atom stereocenters. The fraction of sp³-hybridized carbons (Fsp3) is 0.727. The number of amides is 2. The zero-order valence-corrected chi connectivity index (χ0v) is 10.3. The number of carbonyl (C=O) groups is 3. The van der Waals surface area contributed by atoms with Gasteiger partial charge in [-0.3, -0.25) is 9.59 Å². The highest BCUT2D eigenvalue weighted by Gasteiger charge is 2.35. The Labute approximate surface area is 105 Å². The Morgan fingerprint density at radius 1 is 1.11 bits per heavy atom. The highest BCUT2D eigenvalue weighted by molar-refractivity contribution is 5.84. The van der Waals surface area contributed by atoms with Crippen LogP contribution < -0.4 is 0 Å². The van der Waals surface area contributed by atoms with E-state index in [1.807, 2.05) is 6.92 Å². The van der Waals surface area contributed by atoms with Gasteiger partial charge in [-0.15, -0.1) is 0 Å². The summed E-state index contributed by atoms with van der Waals surface area (Å²) in [6.45, 7) is 1.27. The van der Waals surface area contributed by atoms with Gasteiger partial charge in [0.2, 0.25) is 0 Å². The molecule has 0 saturated heterocycles. The predicted molar refractivity (Wildman–Crippen MR) is 62.3 cm³/mol. The fourth-order valence-electron chi connectivity index (χ4n) is 1.76. The maximum Gasteiger partial charge on any atom is 0.323 e. The third kappa shape index (κ3) is 4.23. The highest BCUT2D eigenvalue weighted by Crippen LogP contribution is 2.27. The van der Waals surface area contributed by atoms with E-state index in [0.29, 0.717) is 6.54 Å². The molecule has 7 nitrogen and oxygen atoms in total. The van der Waals surface area contributed by atoms with Gasteiger partial charge in [-0.1, -0.05) is 6.92 Å². The zero-order chi connectivity index (χ0) is 13.7. The van der Waals surface area contributed by atoms with Crippen molar-refractivity contribution in [3.05, 3.63) is 0 Å². The molecule has 1 aliphatic carbocycles. The molecule has 0 aromatic carbocycles. The van der Waals surface area contributed by atoms with Gasteiger partial charge in [0.25, 0.3) is 0 Å². The lowest BCUT2D eigenvalue weighted by molar-refractivity contribution is -0.140. The quantitative estimate of drug-likeness (QED) is 0.691. The Balaban J connectivity index is 2.71. The molecule has 0 heterocycles. The molecule has 1 aliphatic rings. The van der Waals surface area contributed by atoms with Crippen molar-refractivity contribution in [1.82, 2.24) is 9.80 Å². The molecule has 7 heteroatoms. The Kier molecular flexibility index (Phi) is 4.94. The SMILES string of the molecule is CCCN(C(=O)N(CC(=O)O)CC(=O)O)C1CC1. The highest BCUT2D eigenvalue weighted by atomic mass is 16.4. The normalized spacial score (nSPS) is 14.1. The second-order valence-electron chi connectivity index (χ2n) is 4.35. The van der Waals surface area contributed by atoms with Crippen molar-refractivity contribution in [3.63, 3.8) is 0 Å². The van der Waals surface area contributed by atoms with Crippen molar-refractivity contribution < 1.29 is 24.6 Å². The van der Waals surface area contributed by atoms with Gasteiger partial charge in [0, 0.05) is 12.6 Å². The van der Waals surface area contributed by atoms with Crippen LogP contribution in [-0.2, 0) is 9.59 Å². The molecule has 2 N–H and O–H groups in total. The number of carbonyl (C=O) groups excluding carboxylic acids is 1. The number of hydrogen-bond acceptors (Lipinski definition) is 3. The van der Waals surface area contributed by atoms with E-state index in [1.165, 1.54) is 0 Å². The van der Waals surface area contributed by atoms with Crippen LogP contribution in [0.4, 0.5) is 4.79 Å². The smallest absolute Gasteiger partial charge is 0.323 e. The molecule has 0 radical (unpaired) electrons. The van der Waals surface area contributed by atoms with Crippen molar-refractivity contribution in [1.29, 1.82) is 0 Å². The number of carboxylic acids is 2. The van der Waals surface area contributed by atoms with E-state index < -0.39 is 31.1 Å². The monoisotopic (exact) mass is 258 g/mol. The summed E-state index contributed by atoms with van der Waals surface area (Å²) in [7, 11) is 0. The molecular weight excluding hydrogens is 240 g/mol. The number of urea groups is 1. The maximum absolute atomic E-state index is 12.1. The van der Waals surface area contributed by atoms with Gasteiger partial charge in [-0.05, 0) is 19.3 Å². The van der Waals surface area contributed by atoms with Crippen molar-refractivity contribution in [2.75, 3.05) is 19.6 Å². The predicted octanol–water partition coefficient (Wildman–Crippen LogP) is 0.452. The Morgan fingerprint density at radius 3 is 1.94 bits per heavy atom. The second-order valence-corrected chi connectivity index (χ2v) is 4.35. The summed E-state index contributed by atoms with van der Waals surface area (Å²) in [5.41, 5.74) is 0. The topological polar surface area (TPSA) is 98.2 Å². The van der Waals surface area contributed by atoms with Crippen LogP contribution >= 0.6 is 0 Å². The van der Waals surface area contributed by atoms with Gasteiger partial charge in [-0.2, -0.15) is 0 Å². The minimum atomic E-state index is -1.21. The van der Waals surface area contributed by atoms with Crippen LogP contribution in [0.2, 0.25) is 0 Å². The van der Waals surface area contributed by atoms with E-state index in [9.17, 15) is 14.4 Å². The molecule has 0 atom stereocenters. The molecule has 18 heavy (non-hydrogen) atoms. The summed E-state index contributed by atoms with van der Waals surface area (Å²) in [6.07, 6.45) is 2.57. The van der Waals surface area contributed by atoms with Gasteiger partial charge >= 0.3 is 18.0 Å². The van der Waals surface area contributed by atoms with E-state index in [2.05, 4.69) is 0 Å². The van der Waals surface area contributed by atoms with Crippen LogP contribution in [0.5, 0.6) is 0 Å². The van der Waals surface area contributed by atoms with Crippen molar-refractivity contribution in [2.24, 2.45) is 0 Å². The first-order valence-corrected chi connectivity index (χ1v) is 5.94. The van der Waals surface area contributed by atoms with Gasteiger partial charge in [0.1, 0.15) is 13.1 Å². The van der Waals surface area contributed by atoms with Crippen LogP contribution in [0, 0.1) is 0 Å². The molecule has 0 aromatic rings. The van der Waals surface area contributed by atoms with Crippen LogP contribution in [0.1, 0.15) is 26.2 Å². The van der Waals surface area contributed by atoms with Crippen LogP contribution in [0.25, 0.3) is 0 Å². The van der Waals surface area contributed by atoms with E-state index >= 15 is 0 Å². The Morgan fingerprint density at radius 2 is 1.61 bits per heavy atom. The number of rotatable bonds is 7. The molecule has 2 amide bonds. The van der Waals surface area contributed by atoms with E-state index in [0.717, 1.165) is 24.2 Å². The fourth-order valence-corrected chi connectivity index (χ4v) is 1.76. The minimum Gasteiger partial charge on any atom is -0.480 e. The average molecular weight is 258 g/mol.